The lowest BCUT2D eigenvalue weighted by Gasteiger charge is -2.31. The monoisotopic (exact) mass is 573 g/mol. The number of methoxy groups -OCH3 is 2. The fourth-order valence-electron chi connectivity index (χ4n) is 5.25. The highest BCUT2D eigenvalue weighted by Gasteiger charge is 2.34. The summed E-state index contributed by atoms with van der Waals surface area (Å²) >= 11 is 0. The Morgan fingerprint density at radius 1 is 0.667 bits per heavy atom. The molecule has 2 aromatic carbocycles. The zero-order valence-corrected chi connectivity index (χ0v) is 28.3. The van der Waals surface area contributed by atoms with Crippen molar-refractivity contribution in [3.63, 3.8) is 0 Å². The molecule has 0 aromatic heterocycles. The number of allylic oxidation sites excluding steroid dienone is 4. The Morgan fingerprint density at radius 2 is 1.10 bits per heavy atom. The van der Waals surface area contributed by atoms with E-state index in [2.05, 4.69) is 95.2 Å². The molecule has 0 heterocycles. The Bertz CT molecular complexity index is 1390. The maximum absolute atomic E-state index is 13.5. The molecule has 0 atom stereocenters. The van der Waals surface area contributed by atoms with E-state index in [0.717, 1.165) is 44.8 Å². The molecule has 0 saturated heterocycles. The summed E-state index contributed by atoms with van der Waals surface area (Å²) in [6.45, 7) is 25.1. The maximum atomic E-state index is 13.5. The third kappa shape index (κ3) is 7.17. The van der Waals surface area contributed by atoms with Crippen LogP contribution in [-0.4, -0.2) is 30.8 Å². The number of hydrogen-bond acceptors (Lipinski definition) is 5. The Balaban J connectivity index is 2.31. The van der Waals surface area contributed by atoms with E-state index in [4.69, 9.17) is 14.5 Å². The summed E-state index contributed by atoms with van der Waals surface area (Å²) in [5, 5.41) is 11.3. The third-order valence-electron chi connectivity index (χ3n) is 7.70. The lowest BCUT2D eigenvalue weighted by molar-refractivity contribution is -0.114. The molecule has 1 N–H and O–H groups in total. The van der Waals surface area contributed by atoms with Gasteiger partial charge in [0.25, 0.3) is 0 Å². The second-order valence-electron chi connectivity index (χ2n) is 15.5. The van der Waals surface area contributed by atoms with Gasteiger partial charge in [-0.25, -0.2) is 4.99 Å². The quantitative estimate of drug-likeness (QED) is 0.362. The van der Waals surface area contributed by atoms with Gasteiger partial charge in [0.15, 0.2) is 17.3 Å². The minimum absolute atomic E-state index is 0.0787. The van der Waals surface area contributed by atoms with Gasteiger partial charge in [-0.15, -0.1) is 0 Å². The number of benzene rings is 2. The van der Waals surface area contributed by atoms with E-state index in [1.54, 1.807) is 14.2 Å². The van der Waals surface area contributed by atoms with Crippen molar-refractivity contribution in [1.29, 1.82) is 0 Å². The van der Waals surface area contributed by atoms with Crippen LogP contribution in [0.3, 0.4) is 0 Å². The molecular weight excluding hydrogens is 522 g/mol. The van der Waals surface area contributed by atoms with E-state index in [1.165, 1.54) is 0 Å². The second kappa shape index (κ2) is 11.4. The van der Waals surface area contributed by atoms with Gasteiger partial charge in [0.2, 0.25) is 0 Å². The number of ketones is 1. The second-order valence-corrected chi connectivity index (χ2v) is 15.5. The number of aromatic hydroxyl groups is 1. The molecule has 0 saturated carbocycles. The summed E-state index contributed by atoms with van der Waals surface area (Å²) in [6, 6.07) is 8.09. The number of aliphatic imine (C=N–C) groups is 1. The van der Waals surface area contributed by atoms with Gasteiger partial charge in [-0.2, -0.15) is 0 Å². The molecule has 0 amide bonds. The Labute approximate surface area is 253 Å². The molecule has 0 radical (unpaired) electrons. The van der Waals surface area contributed by atoms with Gasteiger partial charge in [0, 0.05) is 17.2 Å². The fourth-order valence-corrected chi connectivity index (χ4v) is 5.25. The highest BCUT2D eigenvalue weighted by molar-refractivity contribution is 6.23. The van der Waals surface area contributed by atoms with Crippen LogP contribution in [0.2, 0.25) is 0 Å². The van der Waals surface area contributed by atoms with Crippen molar-refractivity contribution >= 4 is 17.2 Å². The zero-order valence-electron chi connectivity index (χ0n) is 28.3. The molecule has 5 heteroatoms. The molecule has 0 unspecified atom stereocenters. The number of phenols is 1. The average molecular weight is 574 g/mol. The van der Waals surface area contributed by atoms with Crippen molar-refractivity contribution in [3.05, 3.63) is 69.8 Å². The topological polar surface area (TPSA) is 68.1 Å². The normalized spacial score (nSPS) is 14.9. The van der Waals surface area contributed by atoms with Crippen LogP contribution in [-0.2, 0) is 22.0 Å². The SMILES string of the molecule is COc1cc(Cc2cc(C(C)(C)C)c(O)c(C(C)(C)C)c2)c(N=C2C=C(C(C)(C)C)C(=O)C(C(C)(C)C)=C2)cc1OC. The van der Waals surface area contributed by atoms with Gasteiger partial charge >= 0.3 is 0 Å². The number of rotatable bonds is 5. The number of carbonyl (C=O) groups excluding carboxylic acids is 1. The molecule has 0 aliphatic heterocycles. The van der Waals surface area contributed by atoms with Crippen LogP contribution in [0.15, 0.2) is 52.6 Å². The Morgan fingerprint density at radius 3 is 1.48 bits per heavy atom. The minimum atomic E-state index is -0.332. The van der Waals surface area contributed by atoms with E-state index >= 15 is 0 Å². The van der Waals surface area contributed by atoms with Gasteiger partial charge < -0.3 is 14.6 Å². The van der Waals surface area contributed by atoms with E-state index < -0.39 is 0 Å². The smallest absolute Gasteiger partial charge is 0.186 e. The number of Topliss-reactive ketones (excluding diaryl/α,β-unsaturated/α-hetero) is 1. The summed E-state index contributed by atoms with van der Waals surface area (Å²) < 4.78 is 11.4. The number of carbonyl (C=O) groups is 1. The largest absolute Gasteiger partial charge is 0.507 e. The highest BCUT2D eigenvalue weighted by atomic mass is 16.5. The van der Waals surface area contributed by atoms with Gasteiger partial charge in [-0.3, -0.25) is 4.79 Å². The molecule has 1 aliphatic carbocycles. The molecule has 228 valence electrons. The maximum Gasteiger partial charge on any atom is 0.186 e. The van der Waals surface area contributed by atoms with Crippen molar-refractivity contribution in [2.45, 2.75) is 100 Å². The molecular formula is C37H51NO4. The number of hydrogen-bond donors (Lipinski definition) is 1. The molecule has 0 spiro atoms. The van der Waals surface area contributed by atoms with Gasteiger partial charge in [0.05, 0.1) is 25.6 Å². The molecule has 1 aliphatic rings. The molecule has 0 fully saturated rings. The van der Waals surface area contributed by atoms with Crippen LogP contribution in [0.4, 0.5) is 5.69 Å². The number of phenolic OH excluding ortho intramolecular Hbond substituents is 1. The summed E-state index contributed by atoms with van der Waals surface area (Å²) in [4.78, 5) is 18.7. The van der Waals surface area contributed by atoms with Crippen LogP contribution in [0.25, 0.3) is 0 Å². The summed E-state index contributed by atoms with van der Waals surface area (Å²) in [6.07, 6.45) is 4.42. The number of ether oxygens (including phenoxy) is 2. The molecule has 0 bridgehead atoms. The summed E-state index contributed by atoms with van der Waals surface area (Å²) in [5.41, 5.74) is 5.70. The molecule has 2 aromatic rings. The summed E-state index contributed by atoms with van der Waals surface area (Å²) in [5.74, 6) is 1.65. The molecule has 42 heavy (non-hydrogen) atoms. The third-order valence-corrected chi connectivity index (χ3v) is 7.70. The average Bonchev–Trinajstić information content (AvgIpc) is 2.83. The van der Waals surface area contributed by atoms with Gasteiger partial charge in [0.1, 0.15) is 5.75 Å². The van der Waals surface area contributed by atoms with Crippen molar-refractivity contribution in [3.8, 4) is 17.2 Å². The van der Waals surface area contributed by atoms with Crippen molar-refractivity contribution < 1.29 is 19.4 Å². The molecule has 5 nitrogen and oxygen atoms in total. The van der Waals surface area contributed by atoms with Crippen molar-refractivity contribution in [2.24, 2.45) is 15.8 Å². The Kier molecular flexibility index (Phi) is 8.99. The minimum Gasteiger partial charge on any atom is -0.507 e. The van der Waals surface area contributed by atoms with Crippen molar-refractivity contribution in [1.82, 2.24) is 0 Å². The predicted molar refractivity (Wildman–Crippen MR) is 175 cm³/mol. The van der Waals surface area contributed by atoms with E-state index in [-0.39, 0.29) is 27.4 Å². The summed E-state index contributed by atoms with van der Waals surface area (Å²) in [7, 11) is 3.25. The first-order valence-electron chi connectivity index (χ1n) is 14.8. The van der Waals surface area contributed by atoms with E-state index in [9.17, 15) is 9.90 Å². The first kappa shape index (κ1) is 33.2. The highest BCUT2D eigenvalue weighted by Crippen LogP contribution is 2.43. The van der Waals surface area contributed by atoms with Crippen LogP contribution in [0, 0.1) is 10.8 Å². The molecule has 3 rings (SSSR count). The van der Waals surface area contributed by atoms with E-state index in [1.807, 2.05) is 24.3 Å². The number of nitrogens with zero attached hydrogens (tertiary/aromatic N) is 1. The van der Waals surface area contributed by atoms with Gasteiger partial charge in [-0.05, 0) is 68.6 Å². The lowest BCUT2D eigenvalue weighted by atomic mass is 9.72. The lowest BCUT2D eigenvalue weighted by Crippen LogP contribution is -2.29. The first-order valence-corrected chi connectivity index (χ1v) is 14.8. The van der Waals surface area contributed by atoms with Crippen LogP contribution >= 0.6 is 0 Å². The van der Waals surface area contributed by atoms with Crippen LogP contribution in [0.1, 0.15) is 105 Å². The van der Waals surface area contributed by atoms with E-state index in [0.29, 0.717) is 23.7 Å². The predicted octanol–water partition coefficient (Wildman–Crippen LogP) is 9.20. The zero-order chi connectivity index (χ0) is 32.0. The van der Waals surface area contributed by atoms with Crippen LogP contribution in [0.5, 0.6) is 17.2 Å². The van der Waals surface area contributed by atoms with Crippen molar-refractivity contribution in [2.75, 3.05) is 14.2 Å². The Hall–Kier alpha value is -3.34. The first-order chi connectivity index (χ1) is 19.1. The standard InChI is InChI=1S/C37H51NO4/c1-34(2,3)25-16-22(17-26(32(25)39)35(4,5)6)15-23-18-30(41-13)31(42-14)21-29(23)38-24-19-27(36(7,8)9)33(40)28(20-24)37(10,11)12/h16-21,39H,15H2,1-14H3. The fraction of sp³-hybridized carbons (Fsp3) is 0.514. The van der Waals surface area contributed by atoms with Gasteiger partial charge in [-0.1, -0.05) is 95.2 Å². The van der Waals surface area contributed by atoms with Crippen LogP contribution < -0.4 is 9.47 Å².